The van der Waals surface area contributed by atoms with Crippen molar-refractivity contribution in [2.24, 2.45) is 11.1 Å². The molecule has 0 amide bonds. The highest BCUT2D eigenvalue weighted by Gasteiger charge is 2.47. The van der Waals surface area contributed by atoms with Gasteiger partial charge in [-0.1, -0.05) is 23.4 Å². The van der Waals surface area contributed by atoms with Gasteiger partial charge < -0.3 is 24.9 Å². The number of hydrogen-bond acceptors (Lipinski definition) is 8. The summed E-state index contributed by atoms with van der Waals surface area (Å²) in [5.74, 6) is 0.750. The van der Waals surface area contributed by atoms with Crippen molar-refractivity contribution in [2.45, 2.75) is 55.4 Å². The van der Waals surface area contributed by atoms with Gasteiger partial charge in [0.1, 0.15) is 10.7 Å². The standard InChI is InChI=1S/C22H27ClN6O2S/c1-13-21(32-16-3-7-28-10-6-25-20(28)17(16)23)27-15(11-30)19(26-13)29-8-4-22(5-9-29)12-31-14(2)18(22)24/h3,6-7,10,14,18,30H,4-5,8-9,11-12,24H2,1-2H3/t14-,18+/m0/s1. The Morgan fingerprint density at radius 1 is 1.31 bits per heavy atom. The number of nitrogens with zero attached hydrogens (tertiary/aromatic N) is 5. The molecule has 2 atom stereocenters. The summed E-state index contributed by atoms with van der Waals surface area (Å²) >= 11 is 8.00. The van der Waals surface area contributed by atoms with Crippen molar-refractivity contribution in [1.82, 2.24) is 19.4 Å². The number of imidazole rings is 1. The van der Waals surface area contributed by atoms with Gasteiger partial charge in [0.05, 0.1) is 30.0 Å². The maximum atomic E-state index is 10.1. The average molecular weight is 475 g/mol. The van der Waals surface area contributed by atoms with Crippen molar-refractivity contribution < 1.29 is 9.84 Å². The van der Waals surface area contributed by atoms with Crippen molar-refractivity contribution in [3.05, 3.63) is 41.1 Å². The van der Waals surface area contributed by atoms with E-state index < -0.39 is 0 Å². The summed E-state index contributed by atoms with van der Waals surface area (Å²) in [6.45, 7) is 6.18. The molecule has 0 radical (unpaired) electrons. The molecule has 5 heterocycles. The number of piperidine rings is 1. The molecule has 2 saturated heterocycles. The Morgan fingerprint density at radius 3 is 2.78 bits per heavy atom. The number of anilines is 1. The van der Waals surface area contributed by atoms with Crippen LogP contribution in [0.1, 0.15) is 31.2 Å². The van der Waals surface area contributed by atoms with Gasteiger partial charge in [0.25, 0.3) is 0 Å². The number of halogens is 1. The molecule has 3 aromatic rings. The molecule has 0 bridgehead atoms. The SMILES string of the molecule is Cc1nc(N2CCC3(CC2)CO[C@@H](C)[C@H]3N)c(CO)nc1Sc1ccn2ccnc2c1Cl. The quantitative estimate of drug-likeness (QED) is 0.594. The maximum absolute atomic E-state index is 10.1. The number of aryl methyl sites for hydroxylation is 1. The third kappa shape index (κ3) is 3.66. The zero-order valence-electron chi connectivity index (χ0n) is 18.2. The molecule has 2 aliphatic rings. The molecule has 5 rings (SSSR count). The van der Waals surface area contributed by atoms with Crippen LogP contribution in [-0.4, -0.2) is 56.3 Å². The minimum absolute atomic E-state index is 0.0375. The van der Waals surface area contributed by atoms with Crippen LogP contribution in [0.2, 0.25) is 5.02 Å². The van der Waals surface area contributed by atoms with Gasteiger partial charge in [-0.2, -0.15) is 0 Å². The van der Waals surface area contributed by atoms with E-state index >= 15 is 0 Å². The third-order valence-electron chi connectivity index (χ3n) is 6.81. The summed E-state index contributed by atoms with van der Waals surface area (Å²) in [6.07, 6.45) is 7.48. The monoisotopic (exact) mass is 474 g/mol. The topological polar surface area (TPSA) is 102 Å². The fourth-order valence-electron chi connectivity index (χ4n) is 4.74. The summed E-state index contributed by atoms with van der Waals surface area (Å²) in [5, 5.41) is 11.4. The number of rotatable bonds is 4. The molecular weight excluding hydrogens is 448 g/mol. The second-order valence-corrected chi connectivity index (χ2v) is 10.1. The first-order valence-electron chi connectivity index (χ1n) is 10.8. The number of pyridine rings is 1. The Bertz CT molecular complexity index is 1150. The van der Waals surface area contributed by atoms with Crippen LogP contribution >= 0.6 is 23.4 Å². The first-order chi connectivity index (χ1) is 15.4. The molecule has 3 N–H and O–H groups in total. The molecule has 1 spiro atoms. The Balaban J connectivity index is 1.38. The van der Waals surface area contributed by atoms with E-state index in [1.54, 1.807) is 6.20 Å². The van der Waals surface area contributed by atoms with Crippen LogP contribution in [0, 0.1) is 12.3 Å². The predicted octanol–water partition coefficient (Wildman–Crippen LogP) is 3.06. The first-order valence-corrected chi connectivity index (χ1v) is 12.0. The van der Waals surface area contributed by atoms with E-state index in [1.807, 2.05) is 29.8 Å². The summed E-state index contributed by atoms with van der Waals surface area (Å²) < 4.78 is 7.71. The number of nitrogens with two attached hydrogens (primary N) is 1. The minimum atomic E-state index is -0.176. The minimum Gasteiger partial charge on any atom is -0.390 e. The van der Waals surface area contributed by atoms with E-state index in [1.165, 1.54) is 11.8 Å². The van der Waals surface area contributed by atoms with Crippen molar-refractivity contribution in [2.75, 3.05) is 24.6 Å². The molecule has 10 heteroatoms. The summed E-state index contributed by atoms with van der Waals surface area (Å²) in [6, 6.07) is 2.00. The van der Waals surface area contributed by atoms with Gasteiger partial charge in [0.2, 0.25) is 0 Å². The lowest BCUT2D eigenvalue weighted by molar-refractivity contribution is 0.0973. The van der Waals surface area contributed by atoms with Crippen LogP contribution in [-0.2, 0) is 11.3 Å². The van der Waals surface area contributed by atoms with Crippen molar-refractivity contribution in [3.8, 4) is 0 Å². The van der Waals surface area contributed by atoms with Crippen LogP contribution in [0.15, 0.2) is 34.6 Å². The van der Waals surface area contributed by atoms with Gasteiger partial charge in [-0.05, 0) is 32.8 Å². The van der Waals surface area contributed by atoms with Gasteiger partial charge in [-0.25, -0.2) is 15.0 Å². The van der Waals surface area contributed by atoms with E-state index in [-0.39, 0.29) is 24.2 Å². The fraction of sp³-hybridized carbons (Fsp3) is 0.500. The lowest BCUT2D eigenvalue weighted by Gasteiger charge is -2.42. The lowest BCUT2D eigenvalue weighted by atomic mass is 9.73. The summed E-state index contributed by atoms with van der Waals surface area (Å²) in [4.78, 5) is 17.0. The Hall–Kier alpha value is -1.91. The molecule has 0 aliphatic carbocycles. The van der Waals surface area contributed by atoms with E-state index in [0.29, 0.717) is 16.4 Å². The second kappa shape index (κ2) is 8.46. The summed E-state index contributed by atoms with van der Waals surface area (Å²) in [5.41, 5.74) is 8.57. The third-order valence-corrected chi connectivity index (χ3v) is 8.43. The number of hydrogen-bond donors (Lipinski definition) is 2. The molecular formula is C22H27ClN6O2S. The highest BCUT2D eigenvalue weighted by atomic mass is 35.5. The zero-order valence-corrected chi connectivity index (χ0v) is 19.7. The normalized spacial score (nSPS) is 22.8. The number of aliphatic hydroxyl groups is 1. The van der Waals surface area contributed by atoms with E-state index in [4.69, 9.17) is 32.0 Å². The van der Waals surface area contributed by atoms with Gasteiger partial charge in [0.15, 0.2) is 11.5 Å². The van der Waals surface area contributed by atoms with Gasteiger partial charge in [-0.15, -0.1) is 0 Å². The zero-order chi connectivity index (χ0) is 22.5. The molecule has 170 valence electrons. The maximum Gasteiger partial charge on any atom is 0.156 e. The molecule has 0 saturated carbocycles. The van der Waals surface area contributed by atoms with Gasteiger partial charge >= 0.3 is 0 Å². The van der Waals surface area contributed by atoms with Gasteiger partial charge in [-0.3, -0.25) is 0 Å². The molecule has 32 heavy (non-hydrogen) atoms. The highest BCUT2D eigenvalue weighted by Crippen LogP contribution is 2.42. The van der Waals surface area contributed by atoms with E-state index in [2.05, 4.69) is 16.8 Å². The van der Waals surface area contributed by atoms with Crippen LogP contribution in [0.25, 0.3) is 5.65 Å². The molecule has 2 fully saturated rings. The molecule has 0 aromatic carbocycles. The first kappa shape index (κ1) is 21.9. The van der Waals surface area contributed by atoms with Gasteiger partial charge in [0, 0.05) is 48.0 Å². The number of ether oxygens (including phenoxy) is 1. The molecule has 3 aromatic heterocycles. The lowest BCUT2D eigenvalue weighted by Crippen LogP contribution is -2.51. The molecule has 0 unspecified atom stereocenters. The Labute approximate surface area is 196 Å². The highest BCUT2D eigenvalue weighted by molar-refractivity contribution is 7.99. The van der Waals surface area contributed by atoms with Crippen LogP contribution in [0.3, 0.4) is 0 Å². The van der Waals surface area contributed by atoms with Crippen LogP contribution in [0.4, 0.5) is 5.82 Å². The average Bonchev–Trinajstić information content (AvgIpc) is 3.39. The number of fused-ring (bicyclic) bond motifs is 1. The van der Waals surface area contributed by atoms with Crippen LogP contribution in [0.5, 0.6) is 0 Å². The largest absolute Gasteiger partial charge is 0.390 e. The van der Waals surface area contributed by atoms with Crippen molar-refractivity contribution in [1.29, 1.82) is 0 Å². The smallest absolute Gasteiger partial charge is 0.156 e. The van der Waals surface area contributed by atoms with Crippen LogP contribution < -0.4 is 10.6 Å². The van der Waals surface area contributed by atoms with Crippen molar-refractivity contribution in [3.63, 3.8) is 0 Å². The molecule has 8 nitrogen and oxygen atoms in total. The summed E-state index contributed by atoms with van der Waals surface area (Å²) in [7, 11) is 0. The van der Waals surface area contributed by atoms with E-state index in [0.717, 1.165) is 54.0 Å². The van der Waals surface area contributed by atoms with E-state index in [9.17, 15) is 5.11 Å². The predicted molar refractivity (Wildman–Crippen MR) is 124 cm³/mol. The molecule has 2 aliphatic heterocycles. The Kier molecular flexibility index (Phi) is 5.79. The second-order valence-electron chi connectivity index (χ2n) is 8.69. The fourth-order valence-corrected chi connectivity index (χ4v) is 5.93. The Morgan fingerprint density at radius 2 is 2.09 bits per heavy atom. The van der Waals surface area contributed by atoms with Crippen molar-refractivity contribution >= 4 is 34.8 Å². The number of aliphatic hydroxyl groups excluding tert-OH is 1. The number of aromatic nitrogens is 4.